The number of benzene rings is 2. The molecule has 0 bridgehead atoms. The highest BCUT2D eigenvalue weighted by molar-refractivity contribution is 6.63. The number of hydrogen-bond donors (Lipinski definition) is 0. The third kappa shape index (κ3) is 2.12. The zero-order valence-electron chi connectivity index (χ0n) is 11.1. The van der Waals surface area contributed by atoms with Crippen molar-refractivity contribution in [3.63, 3.8) is 0 Å². The quantitative estimate of drug-likeness (QED) is 0.654. The van der Waals surface area contributed by atoms with E-state index in [1.165, 1.54) is 5.56 Å². The topological polar surface area (TPSA) is 22.0 Å². The molecule has 0 saturated carbocycles. The Hall–Kier alpha value is -2.06. The lowest BCUT2D eigenvalue weighted by atomic mass is 10.1. The van der Waals surface area contributed by atoms with E-state index >= 15 is 0 Å². The summed E-state index contributed by atoms with van der Waals surface area (Å²) in [5.74, 6) is 0. The second-order valence-corrected chi connectivity index (χ2v) is 5.22. The van der Waals surface area contributed by atoms with Gasteiger partial charge in [0.15, 0.2) is 0 Å². The minimum Gasteiger partial charge on any atom is -0.331 e. The molecule has 0 N–H and O–H groups in total. The molecule has 0 atom stereocenters. The van der Waals surface area contributed by atoms with Gasteiger partial charge in [-0.15, -0.1) is 0 Å². The lowest BCUT2D eigenvalue weighted by Gasteiger charge is -2.09. The van der Waals surface area contributed by atoms with E-state index < -0.39 is 0 Å². The van der Waals surface area contributed by atoms with E-state index in [0.717, 1.165) is 22.2 Å². The van der Waals surface area contributed by atoms with Crippen molar-refractivity contribution in [1.29, 1.82) is 0 Å². The van der Waals surface area contributed by atoms with Gasteiger partial charge in [0.05, 0.1) is 12.2 Å². The van der Waals surface area contributed by atoms with Gasteiger partial charge in [-0.25, -0.2) is 0 Å². The van der Waals surface area contributed by atoms with E-state index in [0.29, 0.717) is 0 Å². The summed E-state index contributed by atoms with van der Waals surface area (Å²) >= 11 is 5.62. The Morgan fingerprint density at radius 2 is 1.70 bits per heavy atom. The fourth-order valence-electron chi connectivity index (χ4n) is 2.73. The highest BCUT2D eigenvalue weighted by Crippen LogP contribution is 2.33. The molecule has 3 heteroatoms. The van der Waals surface area contributed by atoms with Gasteiger partial charge in [-0.2, -0.15) is 0 Å². The van der Waals surface area contributed by atoms with Crippen molar-refractivity contribution >= 4 is 27.7 Å². The molecule has 0 unspecified atom stereocenters. The fraction of sp³-hybridized carbons (Fsp3) is 0.118. The van der Waals surface area contributed by atoms with Crippen molar-refractivity contribution in [3.05, 3.63) is 60.2 Å². The number of para-hydroxylation sites is 1. The van der Waals surface area contributed by atoms with E-state index in [4.69, 9.17) is 11.6 Å². The SMILES string of the molecule is Cc1c(-c2ccccc2)n(CC(=O)Cl)c2ccccc12. The maximum Gasteiger partial charge on any atom is 0.241 e. The van der Waals surface area contributed by atoms with Crippen LogP contribution in [0.1, 0.15) is 5.56 Å². The third-order valence-corrected chi connectivity index (χ3v) is 3.67. The van der Waals surface area contributed by atoms with Crippen LogP contribution in [0, 0.1) is 6.92 Å². The Bertz CT molecular complexity index is 774. The van der Waals surface area contributed by atoms with Gasteiger partial charge in [0.1, 0.15) is 0 Å². The van der Waals surface area contributed by atoms with Crippen LogP contribution in [-0.4, -0.2) is 9.81 Å². The molecule has 3 rings (SSSR count). The number of halogens is 1. The van der Waals surface area contributed by atoms with Gasteiger partial charge in [-0.3, -0.25) is 4.79 Å². The molecule has 0 aliphatic carbocycles. The number of carbonyl (C=O) groups is 1. The Morgan fingerprint density at radius 1 is 1.05 bits per heavy atom. The van der Waals surface area contributed by atoms with Crippen LogP contribution >= 0.6 is 11.6 Å². The standard InChI is InChI=1S/C17H14ClNO/c1-12-14-9-5-6-10-15(14)19(11-16(18)20)17(12)13-7-3-2-4-8-13/h2-10H,11H2,1H3. The molecular weight excluding hydrogens is 270 g/mol. The molecular formula is C17H14ClNO. The monoisotopic (exact) mass is 283 g/mol. The summed E-state index contributed by atoms with van der Waals surface area (Å²) in [5.41, 5.74) is 4.36. The lowest BCUT2D eigenvalue weighted by molar-refractivity contribution is -0.112. The number of rotatable bonds is 3. The minimum absolute atomic E-state index is 0.181. The lowest BCUT2D eigenvalue weighted by Crippen LogP contribution is -2.06. The number of carbonyl (C=O) groups excluding carboxylic acids is 1. The first-order chi connectivity index (χ1) is 9.68. The molecule has 2 aromatic carbocycles. The summed E-state index contributed by atoms with van der Waals surface area (Å²) < 4.78 is 2.00. The van der Waals surface area contributed by atoms with Gasteiger partial charge in [-0.1, -0.05) is 48.5 Å². The summed E-state index contributed by atoms with van der Waals surface area (Å²) in [4.78, 5) is 11.4. The van der Waals surface area contributed by atoms with Crippen LogP contribution in [0.15, 0.2) is 54.6 Å². The number of nitrogens with zero attached hydrogens (tertiary/aromatic N) is 1. The van der Waals surface area contributed by atoms with Crippen LogP contribution in [-0.2, 0) is 11.3 Å². The van der Waals surface area contributed by atoms with Crippen LogP contribution in [0.25, 0.3) is 22.2 Å². The second-order valence-electron chi connectivity index (χ2n) is 4.80. The van der Waals surface area contributed by atoms with Crippen molar-refractivity contribution < 1.29 is 4.79 Å². The zero-order chi connectivity index (χ0) is 14.1. The molecule has 3 aromatic rings. The molecule has 0 amide bonds. The summed E-state index contributed by atoms with van der Waals surface area (Å²) in [5, 5.41) is 0.798. The van der Waals surface area contributed by atoms with Gasteiger partial charge in [0.2, 0.25) is 5.24 Å². The number of aromatic nitrogens is 1. The largest absolute Gasteiger partial charge is 0.331 e. The van der Waals surface area contributed by atoms with Crippen LogP contribution in [0.4, 0.5) is 0 Å². The maximum absolute atomic E-state index is 11.4. The molecule has 0 aliphatic heterocycles. The molecule has 0 fully saturated rings. The van der Waals surface area contributed by atoms with Gasteiger partial charge in [0.25, 0.3) is 0 Å². The molecule has 0 spiro atoms. The fourth-order valence-corrected chi connectivity index (χ4v) is 2.85. The van der Waals surface area contributed by atoms with Gasteiger partial charge in [0, 0.05) is 10.9 Å². The smallest absolute Gasteiger partial charge is 0.241 e. The Kier molecular flexibility index (Phi) is 3.33. The van der Waals surface area contributed by atoms with Crippen molar-refractivity contribution in [3.8, 4) is 11.3 Å². The first-order valence-electron chi connectivity index (χ1n) is 6.50. The predicted octanol–water partition coefficient (Wildman–Crippen LogP) is 4.38. The molecule has 0 saturated heterocycles. The van der Waals surface area contributed by atoms with Crippen molar-refractivity contribution in [1.82, 2.24) is 4.57 Å². The van der Waals surface area contributed by atoms with Crippen molar-refractivity contribution in [2.45, 2.75) is 13.5 Å². The molecule has 100 valence electrons. The maximum atomic E-state index is 11.4. The van der Waals surface area contributed by atoms with Crippen molar-refractivity contribution in [2.75, 3.05) is 0 Å². The van der Waals surface area contributed by atoms with E-state index in [9.17, 15) is 4.79 Å². The zero-order valence-corrected chi connectivity index (χ0v) is 11.9. The van der Waals surface area contributed by atoms with Gasteiger partial charge in [-0.05, 0) is 35.7 Å². The van der Waals surface area contributed by atoms with E-state index in [-0.39, 0.29) is 11.8 Å². The number of fused-ring (bicyclic) bond motifs is 1. The minimum atomic E-state index is -0.358. The Balaban J connectivity index is 2.34. The average molecular weight is 284 g/mol. The average Bonchev–Trinajstić information content (AvgIpc) is 2.73. The summed E-state index contributed by atoms with van der Waals surface area (Å²) in [7, 11) is 0. The van der Waals surface area contributed by atoms with E-state index in [2.05, 4.69) is 25.1 Å². The molecule has 20 heavy (non-hydrogen) atoms. The van der Waals surface area contributed by atoms with Crippen molar-refractivity contribution in [2.24, 2.45) is 0 Å². The van der Waals surface area contributed by atoms with Crippen LogP contribution in [0.5, 0.6) is 0 Å². The van der Waals surface area contributed by atoms with E-state index in [1.807, 2.05) is 41.0 Å². The summed E-state index contributed by atoms with van der Waals surface area (Å²) in [6.45, 7) is 2.26. The van der Waals surface area contributed by atoms with Crippen LogP contribution < -0.4 is 0 Å². The molecule has 1 heterocycles. The number of hydrogen-bond acceptors (Lipinski definition) is 1. The normalized spacial score (nSPS) is 10.9. The first kappa shape index (κ1) is 12.9. The molecule has 0 radical (unpaired) electrons. The first-order valence-corrected chi connectivity index (χ1v) is 6.88. The Morgan fingerprint density at radius 3 is 2.40 bits per heavy atom. The molecule has 2 nitrogen and oxygen atoms in total. The van der Waals surface area contributed by atoms with Crippen LogP contribution in [0.2, 0.25) is 0 Å². The van der Waals surface area contributed by atoms with E-state index in [1.54, 1.807) is 0 Å². The Labute approximate surface area is 122 Å². The summed E-state index contributed by atoms with van der Waals surface area (Å²) in [6, 6.07) is 18.2. The third-order valence-electron chi connectivity index (χ3n) is 3.55. The predicted molar refractivity (Wildman–Crippen MR) is 83.0 cm³/mol. The van der Waals surface area contributed by atoms with Gasteiger partial charge < -0.3 is 4.57 Å². The second kappa shape index (κ2) is 5.14. The summed E-state index contributed by atoms with van der Waals surface area (Å²) in [6.07, 6.45) is 0. The van der Waals surface area contributed by atoms with Crippen LogP contribution in [0.3, 0.4) is 0 Å². The molecule has 1 aromatic heterocycles. The number of aryl methyl sites for hydroxylation is 1. The highest BCUT2D eigenvalue weighted by atomic mass is 35.5. The molecule has 0 aliphatic rings. The highest BCUT2D eigenvalue weighted by Gasteiger charge is 2.16. The van der Waals surface area contributed by atoms with Gasteiger partial charge >= 0.3 is 0 Å².